The van der Waals surface area contributed by atoms with Crippen LogP contribution in [-0.2, 0) is 9.59 Å². The molecule has 1 aromatic carbocycles. The van der Waals surface area contributed by atoms with Crippen LogP contribution in [0.25, 0.3) is 11.5 Å². The van der Waals surface area contributed by atoms with E-state index in [-0.39, 0.29) is 41.3 Å². The molecule has 2 aromatic rings. The molecule has 40 heavy (non-hydrogen) atoms. The number of hydrogen-bond donors (Lipinski definition) is 3. The highest BCUT2D eigenvalue weighted by Gasteiger charge is 2.39. The lowest BCUT2D eigenvalue weighted by Gasteiger charge is -2.26. The van der Waals surface area contributed by atoms with Crippen LogP contribution in [-0.4, -0.2) is 64.6 Å². The van der Waals surface area contributed by atoms with E-state index in [0.717, 1.165) is 12.8 Å². The molecule has 0 spiro atoms. The Labute approximate surface area is 230 Å². The summed E-state index contributed by atoms with van der Waals surface area (Å²) in [6.45, 7) is 2.53. The molecule has 1 saturated carbocycles. The van der Waals surface area contributed by atoms with Crippen LogP contribution in [0.15, 0.2) is 22.6 Å². The Hall–Kier alpha value is -3.74. The number of carboxylic acid groups (broad SMARTS) is 1. The first-order valence-corrected chi connectivity index (χ1v) is 13.3. The number of amides is 2. The number of likely N-dealkylation sites (tertiary alicyclic amines) is 1. The van der Waals surface area contributed by atoms with Crippen molar-refractivity contribution in [3.05, 3.63) is 29.7 Å². The molecule has 0 unspecified atom stereocenters. The standard InChI is InChI=1S/C27H34F2N4O7/c1-13(2)20(26(36)37)31-23(34)17-5-4-10-33(17)25(35)21-22(14(3)30)40-24(32-21)16-8-9-18(39-27(28)29)19(11-16)38-12-15-6-7-15/h8-9,11,13-15,17,20,27H,4-7,10,12,30H2,1-3H3,(H,31,34)(H,36,37)/t14-,17-,20-/m0/s1. The van der Waals surface area contributed by atoms with Crippen LogP contribution in [0.3, 0.4) is 0 Å². The summed E-state index contributed by atoms with van der Waals surface area (Å²) in [4.78, 5) is 43.9. The van der Waals surface area contributed by atoms with Gasteiger partial charge in [-0.05, 0) is 62.6 Å². The molecular weight excluding hydrogens is 530 g/mol. The minimum atomic E-state index is -3.04. The summed E-state index contributed by atoms with van der Waals surface area (Å²) in [5.74, 6) is -2.25. The zero-order valence-corrected chi connectivity index (χ0v) is 22.6. The van der Waals surface area contributed by atoms with Gasteiger partial charge in [-0.1, -0.05) is 13.8 Å². The van der Waals surface area contributed by atoms with Crippen LogP contribution in [0.4, 0.5) is 8.78 Å². The number of rotatable bonds is 12. The van der Waals surface area contributed by atoms with Crippen molar-refractivity contribution in [2.24, 2.45) is 17.6 Å². The molecule has 3 atom stereocenters. The van der Waals surface area contributed by atoms with Crippen molar-refractivity contribution in [1.29, 1.82) is 0 Å². The summed E-state index contributed by atoms with van der Waals surface area (Å²) in [6.07, 6.45) is 2.89. The summed E-state index contributed by atoms with van der Waals surface area (Å²) < 4.78 is 42.1. The van der Waals surface area contributed by atoms with E-state index in [2.05, 4.69) is 15.0 Å². The molecule has 0 radical (unpaired) electrons. The van der Waals surface area contributed by atoms with E-state index >= 15 is 0 Å². The van der Waals surface area contributed by atoms with Gasteiger partial charge in [-0.15, -0.1) is 0 Å². The molecule has 13 heteroatoms. The molecule has 1 aromatic heterocycles. The summed E-state index contributed by atoms with van der Waals surface area (Å²) >= 11 is 0. The summed E-state index contributed by atoms with van der Waals surface area (Å²) in [7, 11) is 0. The van der Waals surface area contributed by atoms with Crippen LogP contribution in [0.1, 0.15) is 68.7 Å². The Balaban J connectivity index is 1.61. The fourth-order valence-corrected chi connectivity index (χ4v) is 4.54. The third kappa shape index (κ3) is 6.69. The number of nitrogens with zero attached hydrogens (tertiary/aromatic N) is 2. The van der Waals surface area contributed by atoms with E-state index in [1.165, 1.54) is 23.1 Å². The molecule has 4 rings (SSSR count). The molecule has 2 amide bonds. The maximum atomic E-state index is 13.6. The van der Waals surface area contributed by atoms with Gasteiger partial charge in [0.25, 0.3) is 5.91 Å². The molecule has 2 aliphatic rings. The third-order valence-corrected chi connectivity index (χ3v) is 6.89. The lowest BCUT2D eigenvalue weighted by Crippen LogP contribution is -2.52. The quantitative estimate of drug-likeness (QED) is 0.350. The van der Waals surface area contributed by atoms with Crippen LogP contribution in [0.5, 0.6) is 11.5 Å². The predicted octanol–water partition coefficient (Wildman–Crippen LogP) is 3.58. The second-order valence-corrected chi connectivity index (χ2v) is 10.5. The third-order valence-electron chi connectivity index (χ3n) is 6.89. The van der Waals surface area contributed by atoms with Gasteiger partial charge in [-0.3, -0.25) is 9.59 Å². The summed E-state index contributed by atoms with van der Waals surface area (Å²) in [6, 6.07) is 1.50. The Morgan fingerprint density at radius 2 is 1.93 bits per heavy atom. The highest BCUT2D eigenvalue weighted by Crippen LogP contribution is 2.37. The molecule has 2 heterocycles. The maximum absolute atomic E-state index is 13.6. The number of hydrogen-bond acceptors (Lipinski definition) is 8. The smallest absolute Gasteiger partial charge is 0.387 e. The van der Waals surface area contributed by atoms with E-state index in [0.29, 0.717) is 30.9 Å². The summed E-state index contributed by atoms with van der Waals surface area (Å²) in [5.41, 5.74) is 6.35. The van der Waals surface area contributed by atoms with Crippen LogP contribution in [0.2, 0.25) is 0 Å². The lowest BCUT2D eigenvalue weighted by molar-refractivity contribution is -0.143. The first-order valence-electron chi connectivity index (χ1n) is 13.3. The van der Waals surface area contributed by atoms with E-state index in [1.54, 1.807) is 20.8 Å². The topological polar surface area (TPSA) is 157 Å². The molecule has 1 aliphatic heterocycles. The SMILES string of the molecule is CC(C)[C@H](NC(=O)[C@@H]1CCCN1C(=O)c1nc(-c2ccc(OC(F)F)c(OCC3CC3)c2)oc1[C@H](C)N)C(=O)O. The van der Waals surface area contributed by atoms with Gasteiger partial charge in [0.05, 0.1) is 12.6 Å². The largest absolute Gasteiger partial charge is 0.489 e. The zero-order valence-electron chi connectivity index (χ0n) is 22.6. The summed E-state index contributed by atoms with van der Waals surface area (Å²) in [5, 5.41) is 12.0. The van der Waals surface area contributed by atoms with E-state index < -0.39 is 42.5 Å². The van der Waals surface area contributed by atoms with Crippen molar-refractivity contribution in [1.82, 2.24) is 15.2 Å². The van der Waals surface area contributed by atoms with E-state index in [1.807, 2.05) is 0 Å². The number of nitrogens with two attached hydrogens (primary N) is 1. The Kier molecular flexibility index (Phi) is 8.92. The number of benzene rings is 1. The molecule has 0 bridgehead atoms. The number of aromatic nitrogens is 1. The number of oxazole rings is 1. The fraction of sp³-hybridized carbons (Fsp3) is 0.556. The number of halogens is 2. The monoisotopic (exact) mass is 564 g/mol. The van der Waals surface area contributed by atoms with Crippen LogP contribution < -0.4 is 20.5 Å². The van der Waals surface area contributed by atoms with Gasteiger partial charge in [0.15, 0.2) is 23.0 Å². The number of alkyl halides is 2. The fourth-order valence-electron chi connectivity index (χ4n) is 4.54. The molecule has 11 nitrogen and oxygen atoms in total. The lowest BCUT2D eigenvalue weighted by atomic mass is 10.0. The first-order chi connectivity index (χ1) is 19.0. The zero-order chi connectivity index (χ0) is 29.1. The van der Waals surface area contributed by atoms with Crippen molar-refractivity contribution in [2.75, 3.05) is 13.2 Å². The van der Waals surface area contributed by atoms with Crippen molar-refractivity contribution >= 4 is 17.8 Å². The predicted molar refractivity (Wildman–Crippen MR) is 138 cm³/mol. The van der Waals surface area contributed by atoms with Crippen molar-refractivity contribution in [3.63, 3.8) is 0 Å². The molecule has 1 aliphatic carbocycles. The average molecular weight is 565 g/mol. The van der Waals surface area contributed by atoms with Crippen molar-refractivity contribution in [3.8, 4) is 23.0 Å². The number of ether oxygens (including phenoxy) is 2. The van der Waals surface area contributed by atoms with Gasteiger partial charge in [-0.25, -0.2) is 9.78 Å². The van der Waals surface area contributed by atoms with Gasteiger partial charge < -0.3 is 34.9 Å². The van der Waals surface area contributed by atoms with Crippen molar-refractivity contribution < 1.29 is 42.2 Å². The second kappa shape index (κ2) is 12.2. The normalized spacial score (nSPS) is 18.6. The number of carbonyl (C=O) groups excluding carboxylic acids is 2. The van der Waals surface area contributed by atoms with Crippen molar-refractivity contribution in [2.45, 2.75) is 71.2 Å². The maximum Gasteiger partial charge on any atom is 0.387 e. The number of aliphatic carboxylic acids is 1. The minimum Gasteiger partial charge on any atom is -0.489 e. The van der Waals surface area contributed by atoms with E-state index in [9.17, 15) is 28.3 Å². The first kappa shape index (κ1) is 29.2. The Morgan fingerprint density at radius 1 is 1.20 bits per heavy atom. The Morgan fingerprint density at radius 3 is 2.52 bits per heavy atom. The minimum absolute atomic E-state index is 0.0152. The van der Waals surface area contributed by atoms with E-state index in [4.69, 9.17) is 14.9 Å². The van der Waals surface area contributed by atoms with Crippen LogP contribution >= 0.6 is 0 Å². The second-order valence-electron chi connectivity index (χ2n) is 10.5. The molecule has 218 valence electrons. The number of carboxylic acids is 1. The number of nitrogens with one attached hydrogen (secondary N) is 1. The van der Waals surface area contributed by atoms with Gasteiger partial charge in [0.1, 0.15) is 12.1 Å². The highest BCUT2D eigenvalue weighted by molar-refractivity contribution is 5.98. The number of carbonyl (C=O) groups is 3. The highest BCUT2D eigenvalue weighted by atomic mass is 19.3. The molecule has 4 N–H and O–H groups in total. The van der Waals surface area contributed by atoms with Gasteiger partial charge >= 0.3 is 12.6 Å². The van der Waals surface area contributed by atoms with Crippen LogP contribution in [0, 0.1) is 11.8 Å². The molecule has 1 saturated heterocycles. The van der Waals surface area contributed by atoms with Gasteiger partial charge in [0, 0.05) is 12.1 Å². The molecule has 2 fully saturated rings. The van der Waals surface area contributed by atoms with Gasteiger partial charge in [0.2, 0.25) is 11.8 Å². The Bertz CT molecular complexity index is 1250. The molecular formula is C27H34F2N4O7. The average Bonchev–Trinajstić information content (AvgIpc) is 3.39. The van der Waals surface area contributed by atoms with Gasteiger partial charge in [-0.2, -0.15) is 8.78 Å².